The highest BCUT2D eigenvalue weighted by molar-refractivity contribution is 5.17. The van der Waals surface area contributed by atoms with Crippen LogP contribution in [0.2, 0.25) is 0 Å². The molecule has 0 aromatic heterocycles. The van der Waals surface area contributed by atoms with Crippen LogP contribution < -0.4 is 0 Å². The van der Waals surface area contributed by atoms with E-state index in [1.807, 2.05) is 7.11 Å². The quantitative estimate of drug-likeness (QED) is 0.548. The summed E-state index contributed by atoms with van der Waals surface area (Å²) in [5.41, 5.74) is 1.74. The lowest BCUT2D eigenvalue weighted by atomic mass is 9.95. The fourth-order valence-electron chi connectivity index (χ4n) is 2.61. The molecule has 0 N–H and O–H groups in total. The lowest BCUT2D eigenvalue weighted by Crippen LogP contribution is -2.34. The number of rotatable bonds is 1. The van der Waals surface area contributed by atoms with Crippen LogP contribution in [0.15, 0.2) is 12.2 Å². The highest BCUT2D eigenvalue weighted by Crippen LogP contribution is 2.40. The Morgan fingerprint density at radius 2 is 2.42 bits per heavy atom. The van der Waals surface area contributed by atoms with Crippen LogP contribution in [-0.4, -0.2) is 36.7 Å². The average molecular weight is 167 g/mol. The van der Waals surface area contributed by atoms with Crippen molar-refractivity contribution in [1.29, 1.82) is 0 Å². The predicted octanol–water partition coefficient (Wildman–Crippen LogP) is 1.43. The summed E-state index contributed by atoms with van der Waals surface area (Å²) in [6.45, 7) is 8.54. The van der Waals surface area contributed by atoms with Crippen LogP contribution in [0.3, 0.4) is 0 Å². The number of ether oxygens (including phenoxy) is 1. The molecule has 2 heteroatoms. The van der Waals surface area contributed by atoms with Crippen molar-refractivity contribution in [1.82, 2.24) is 4.90 Å². The first-order chi connectivity index (χ1) is 5.64. The molecule has 0 spiro atoms. The van der Waals surface area contributed by atoms with Gasteiger partial charge < -0.3 is 4.74 Å². The molecule has 2 saturated heterocycles. The van der Waals surface area contributed by atoms with Crippen LogP contribution >= 0.6 is 0 Å². The number of hydrogen-bond donors (Lipinski definition) is 0. The molecule has 2 fully saturated rings. The minimum Gasteiger partial charge on any atom is -0.380 e. The summed E-state index contributed by atoms with van der Waals surface area (Å²) >= 11 is 0. The van der Waals surface area contributed by atoms with Gasteiger partial charge in [-0.15, -0.1) is 0 Å². The summed E-state index contributed by atoms with van der Waals surface area (Å²) in [5, 5.41) is 0. The van der Waals surface area contributed by atoms with E-state index >= 15 is 0 Å². The number of methoxy groups -OCH3 is 1. The van der Waals surface area contributed by atoms with E-state index in [9.17, 15) is 0 Å². The van der Waals surface area contributed by atoms with Gasteiger partial charge in [0, 0.05) is 25.7 Å². The van der Waals surface area contributed by atoms with Gasteiger partial charge in [0.25, 0.3) is 0 Å². The molecule has 2 nitrogen and oxygen atoms in total. The molecule has 2 aliphatic heterocycles. The van der Waals surface area contributed by atoms with Gasteiger partial charge in [-0.25, -0.2) is 0 Å². The van der Waals surface area contributed by atoms with E-state index < -0.39 is 0 Å². The molecular formula is C10H17NO. The monoisotopic (exact) mass is 167 g/mol. The zero-order valence-electron chi connectivity index (χ0n) is 7.97. The molecular weight excluding hydrogens is 150 g/mol. The molecule has 0 radical (unpaired) electrons. The molecule has 0 saturated carbocycles. The lowest BCUT2D eigenvalue weighted by Gasteiger charge is -2.25. The molecule has 2 heterocycles. The first-order valence-electron chi connectivity index (χ1n) is 4.58. The second kappa shape index (κ2) is 2.57. The highest BCUT2D eigenvalue weighted by Gasteiger charge is 2.46. The fourth-order valence-corrected chi connectivity index (χ4v) is 2.61. The van der Waals surface area contributed by atoms with Gasteiger partial charge in [0.2, 0.25) is 0 Å². The van der Waals surface area contributed by atoms with Gasteiger partial charge in [-0.1, -0.05) is 12.2 Å². The fraction of sp³-hybridized carbons (Fsp3) is 0.800. The van der Waals surface area contributed by atoms with Crippen LogP contribution in [0.1, 0.15) is 19.8 Å². The lowest BCUT2D eigenvalue weighted by molar-refractivity contribution is 0.109. The summed E-state index contributed by atoms with van der Waals surface area (Å²) in [5.74, 6) is 0. The molecule has 0 aromatic carbocycles. The van der Waals surface area contributed by atoms with Crippen molar-refractivity contribution >= 4 is 0 Å². The Morgan fingerprint density at radius 1 is 1.67 bits per heavy atom. The van der Waals surface area contributed by atoms with Crippen LogP contribution in [0, 0.1) is 0 Å². The van der Waals surface area contributed by atoms with E-state index in [4.69, 9.17) is 4.74 Å². The molecule has 12 heavy (non-hydrogen) atoms. The number of fused-ring (bicyclic) bond motifs is 1. The molecule has 2 aliphatic rings. The van der Waals surface area contributed by atoms with Gasteiger partial charge in [-0.05, 0) is 19.8 Å². The Hall–Kier alpha value is -0.340. The normalized spacial score (nSPS) is 42.2. The van der Waals surface area contributed by atoms with Crippen molar-refractivity contribution in [2.45, 2.75) is 31.4 Å². The van der Waals surface area contributed by atoms with E-state index in [2.05, 4.69) is 18.4 Å². The molecule has 0 aliphatic carbocycles. The topological polar surface area (TPSA) is 12.5 Å². The first kappa shape index (κ1) is 8.27. The minimum absolute atomic E-state index is 0.359. The average Bonchev–Trinajstić information content (AvgIpc) is 2.38. The molecule has 68 valence electrons. The zero-order valence-corrected chi connectivity index (χ0v) is 7.97. The molecule has 0 bridgehead atoms. The largest absolute Gasteiger partial charge is 0.380 e. The number of hydrogen-bond acceptors (Lipinski definition) is 2. The van der Waals surface area contributed by atoms with Crippen molar-refractivity contribution < 1.29 is 4.74 Å². The summed E-state index contributed by atoms with van der Waals surface area (Å²) in [4.78, 5) is 2.50. The summed E-state index contributed by atoms with van der Waals surface area (Å²) in [7, 11) is 1.81. The van der Waals surface area contributed by atoms with Crippen molar-refractivity contribution in [2.75, 3.05) is 20.2 Å². The van der Waals surface area contributed by atoms with Crippen LogP contribution in [-0.2, 0) is 4.74 Å². The Labute approximate surface area is 74.2 Å². The molecule has 0 unspecified atom stereocenters. The zero-order chi connectivity index (χ0) is 8.77. The Balaban J connectivity index is 2.11. The van der Waals surface area contributed by atoms with E-state index in [1.54, 1.807) is 0 Å². The van der Waals surface area contributed by atoms with Crippen molar-refractivity contribution in [3.05, 3.63) is 12.2 Å². The third-order valence-corrected chi connectivity index (χ3v) is 3.23. The third-order valence-electron chi connectivity index (χ3n) is 3.23. The second-order valence-corrected chi connectivity index (χ2v) is 4.37. The van der Waals surface area contributed by atoms with E-state index in [0.717, 1.165) is 19.5 Å². The number of nitrogens with zero attached hydrogens (tertiary/aromatic N) is 1. The Morgan fingerprint density at radius 3 is 3.00 bits per heavy atom. The van der Waals surface area contributed by atoms with Gasteiger partial charge in [0.1, 0.15) is 0 Å². The van der Waals surface area contributed by atoms with Gasteiger partial charge in [-0.3, -0.25) is 4.90 Å². The summed E-state index contributed by atoms with van der Waals surface area (Å²) in [6, 6.07) is 0. The summed E-state index contributed by atoms with van der Waals surface area (Å²) in [6.07, 6.45) is 2.78. The van der Waals surface area contributed by atoms with Crippen LogP contribution in [0.25, 0.3) is 0 Å². The maximum absolute atomic E-state index is 5.38. The van der Waals surface area contributed by atoms with E-state index in [1.165, 1.54) is 12.0 Å². The Kier molecular flexibility index (Phi) is 1.77. The molecule has 2 atom stereocenters. The smallest absolute Gasteiger partial charge is 0.0716 e. The van der Waals surface area contributed by atoms with Crippen LogP contribution in [0.5, 0.6) is 0 Å². The van der Waals surface area contributed by atoms with E-state index in [0.29, 0.717) is 11.6 Å². The minimum atomic E-state index is 0.359. The molecule has 0 amide bonds. The molecule has 0 aromatic rings. The first-order valence-corrected chi connectivity index (χ1v) is 4.58. The van der Waals surface area contributed by atoms with Crippen molar-refractivity contribution in [2.24, 2.45) is 0 Å². The standard InChI is InChI=1S/C10H17NO/c1-8-4-10(2)5-9(12-3)7-11(10)6-8/h9H,1,4-7H2,2-3H3/t9-,10-/m0/s1. The SMILES string of the molecule is C=C1CN2C[C@@H](OC)C[C@]2(C)C1. The summed E-state index contributed by atoms with van der Waals surface area (Å²) < 4.78 is 5.38. The van der Waals surface area contributed by atoms with Gasteiger partial charge in [0.05, 0.1) is 6.10 Å². The van der Waals surface area contributed by atoms with Gasteiger partial charge >= 0.3 is 0 Å². The predicted molar refractivity (Wildman–Crippen MR) is 49.1 cm³/mol. The third kappa shape index (κ3) is 1.10. The van der Waals surface area contributed by atoms with E-state index in [-0.39, 0.29) is 0 Å². The highest BCUT2D eigenvalue weighted by atomic mass is 16.5. The van der Waals surface area contributed by atoms with Crippen LogP contribution in [0.4, 0.5) is 0 Å². The maximum atomic E-state index is 5.38. The van der Waals surface area contributed by atoms with Crippen molar-refractivity contribution in [3.63, 3.8) is 0 Å². The van der Waals surface area contributed by atoms with Gasteiger partial charge in [-0.2, -0.15) is 0 Å². The van der Waals surface area contributed by atoms with Gasteiger partial charge in [0.15, 0.2) is 0 Å². The van der Waals surface area contributed by atoms with Crippen molar-refractivity contribution in [3.8, 4) is 0 Å². The Bertz CT molecular complexity index is 214. The molecule has 2 rings (SSSR count). The maximum Gasteiger partial charge on any atom is 0.0716 e. The second-order valence-electron chi connectivity index (χ2n) is 4.37.